The van der Waals surface area contributed by atoms with Gasteiger partial charge in [0.05, 0.1) is 51.3 Å². The van der Waals surface area contributed by atoms with Gasteiger partial charge in [-0.15, -0.1) is 0 Å². The molecule has 2 unspecified atom stereocenters. The van der Waals surface area contributed by atoms with Crippen molar-refractivity contribution in [3.8, 4) is 0 Å². The minimum Gasteiger partial charge on any atom is -0.394 e. The lowest BCUT2D eigenvalue weighted by atomic mass is 9.47. The number of hydrogen-bond donors (Lipinski definition) is 15. The molecule has 7 heterocycles. The van der Waals surface area contributed by atoms with E-state index >= 15 is 0 Å². The van der Waals surface area contributed by atoms with Crippen molar-refractivity contribution in [2.75, 3.05) is 33.0 Å². The lowest BCUT2D eigenvalue weighted by Crippen LogP contribution is -2.68. The third-order valence-electron chi connectivity index (χ3n) is 21.9. The van der Waals surface area contributed by atoms with Gasteiger partial charge < -0.3 is 133 Å². The zero-order valence-electron chi connectivity index (χ0n) is 48.1. The fourth-order valence-corrected chi connectivity index (χ4v) is 16.9. The van der Waals surface area contributed by atoms with Crippen LogP contribution in [0, 0.1) is 46.3 Å². The van der Waals surface area contributed by atoms with Crippen LogP contribution in [0.15, 0.2) is 11.6 Å². The fourth-order valence-electron chi connectivity index (χ4n) is 16.9. The van der Waals surface area contributed by atoms with Crippen molar-refractivity contribution >= 4 is 0 Å². The van der Waals surface area contributed by atoms with E-state index in [0.717, 1.165) is 51.6 Å². The SMILES string of the molecule is CC1C2[C@H](C[C@H]3[C@@H]4CC=C5C[C@@H](O[C@@H]6O[C@H](CO)[C@@H](O[C@@H]7O[C@H](CO)[C@@H](O)[C@H](O[C@@H]8O[C@H](CO[C@@H]9O[C@H](CO)[C@@H](O)[C@H](O)[C@H]9O)[C@@H](O)[C@H](O)[C@H]8O)[C@H]7O)[C@H](O)[C@H]6O[C@@H]6O[C@@H](C)[C@H](O)[C@@H](O)[C@H]6O)CC[C@]5(C)[C@H]4CC[C@]23C)O[C@]12CC[C@@H](C)CO2. The average Bonchev–Trinajstić information content (AvgIpc) is 1.51. The Morgan fingerprint density at radius 3 is 1.79 bits per heavy atom. The van der Waals surface area contributed by atoms with Gasteiger partial charge in [0.15, 0.2) is 37.2 Å². The van der Waals surface area contributed by atoms with Crippen molar-refractivity contribution in [2.45, 2.75) is 264 Å². The summed E-state index contributed by atoms with van der Waals surface area (Å²) in [6.07, 6.45) is -33.7. The second-order valence-electron chi connectivity index (χ2n) is 26.7. The van der Waals surface area contributed by atoms with Crippen LogP contribution in [0.4, 0.5) is 0 Å². The predicted molar refractivity (Wildman–Crippen MR) is 279 cm³/mol. The summed E-state index contributed by atoms with van der Waals surface area (Å²) < 4.78 is 73.3. The van der Waals surface area contributed by atoms with Crippen LogP contribution in [-0.2, 0) is 56.8 Å². The molecule has 36 atom stereocenters. The molecule has 27 heteroatoms. The summed E-state index contributed by atoms with van der Waals surface area (Å²) in [5.41, 5.74) is 1.26. The summed E-state index contributed by atoms with van der Waals surface area (Å²) in [7, 11) is 0. The van der Waals surface area contributed by atoms with Gasteiger partial charge in [-0.05, 0) is 98.7 Å². The molecule has 0 radical (unpaired) electrons. The lowest BCUT2D eigenvalue weighted by molar-refractivity contribution is -0.397. The highest BCUT2D eigenvalue weighted by Gasteiger charge is 2.69. The molecular weight excluding hydrogens is 1120 g/mol. The third-order valence-corrected chi connectivity index (χ3v) is 21.9. The standard InChI is InChI=1S/C57H92O27/c1-21-8-13-57(74-19-21)22(2)34-29(84-57)15-28-26-7-6-24-14-25(9-11-55(24,4)27(26)10-12-56(28,34)5)76-54-49(83-51-43(69)39(65)35(61)23(3)75-51)45(71)47(32(18-60)79-54)81-53-46(72)48(38(64)31(17-59)78-53)82-52-44(70)41(67)37(63)33(80-52)20-73-50-42(68)40(66)36(62)30(16-58)77-50/h6,21-23,25-54,58-72H,7-20H2,1-5H3/t21-,22?,23+,25+,26-,27+,28+,29+,30-,31-,32-,33-,34?,35+,36-,37-,38-,39-,40+,41+,42-,43-,44-,45+,46-,47-,48+,49-,50-,51+,52+,53+,54-,55+,56+,57-/m1/s1. The zero-order valence-corrected chi connectivity index (χ0v) is 48.1. The lowest BCUT2D eigenvalue weighted by Gasteiger charge is -2.59. The molecule has 15 N–H and O–H groups in total. The Bertz CT molecular complexity index is 2240. The summed E-state index contributed by atoms with van der Waals surface area (Å²) in [6, 6.07) is 0. The Labute approximate surface area is 487 Å². The summed E-state index contributed by atoms with van der Waals surface area (Å²) in [4.78, 5) is 0. The van der Waals surface area contributed by atoms with Crippen LogP contribution >= 0.6 is 0 Å². The number of aliphatic hydroxyl groups is 15. The second kappa shape index (κ2) is 25.0. The van der Waals surface area contributed by atoms with Crippen LogP contribution in [0.1, 0.15) is 92.4 Å². The van der Waals surface area contributed by atoms with Crippen LogP contribution in [0.25, 0.3) is 0 Å². The van der Waals surface area contributed by atoms with Crippen LogP contribution in [0.3, 0.4) is 0 Å². The molecule has 0 aromatic rings. The van der Waals surface area contributed by atoms with Gasteiger partial charge in [-0.3, -0.25) is 0 Å². The maximum Gasteiger partial charge on any atom is 0.187 e. The van der Waals surface area contributed by atoms with Crippen LogP contribution in [0.5, 0.6) is 0 Å². The molecule has 10 fully saturated rings. The summed E-state index contributed by atoms with van der Waals surface area (Å²) in [5.74, 6) is 2.15. The molecule has 0 bridgehead atoms. The van der Waals surface area contributed by atoms with Crippen LogP contribution in [-0.4, -0.2) is 281 Å². The van der Waals surface area contributed by atoms with Gasteiger partial charge >= 0.3 is 0 Å². The first-order valence-electron chi connectivity index (χ1n) is 30.4. The van der Waals surface area contributed by atoms with E-state index in [1.54, 1.807) is 0 Å². The molecule has 1 spiro atoms. The molecule has 84 heavy (non-hydrogen) atoms. The Morgan fingerprint density at radius 1 is 0.524 bits per heavy atom. The second-order valence-corrected chi connectivity index (χ2v) is 26.7. The first-order valence-corrected chi connectivity index (χ1v) is 30.4. The first kappa shape index (κ1) is 64.2. The highest BCUT2D eigenvalue weighted by Crippen LogP contribution is 2.71. The van der Waals surface area contributed by atoms with Gasteiger partial charge in [-0.2, -0.15) is 0 Å². The van der Waals surface area contributed by atoms with Crippen LogP contribution in [0.2, 0.25) is 0 Å². The molecular formula is C57H92O27. The first-order chi connectivity index (χ1) is 39.9. The normalized spacial score (nSPS) is 56.8. The number of rotatable bonds is 14. The molecule has 7 saturated heterocycles. The van der Waals surface area contributed by atoms with E-state index < -0.39 is 192 Å². The van der Waals surface area contributed by atoms with Crippen molar-refractivity contribution < 1.29 is 133 Å². The predicted octanol–water partition coefficient (Wildman–Crippen LogP) is -4.14. The summed E-state index contributed by atoms with van der Waals surface area (Å²) >= 11 is 0. The Hall–Kier alpha value is -1.34. The van der Waals surface area contributed by atoms with Gasteiger partial charge in [-0.25, -0.2) is 0 Å². The Morgan fingerprint density at radius 2 is 1.11 bits per heavy atom. The largest absolute Gasteiger partial charge is 0.394 e. The minimum absolute atomic E-state index is 0.124. The Kier molecular flexibility index (Phi) is 19.1. The summed E-state index contributed by atoms with van der Waals surface area (Å²) in [6.45, 7) is 8.36. The average molecular weight is 1210 g/mol. The quantitative estimate of drug-likeness (QED) is 0.0735. The van der Waals surface area contributed by atoms with E-state index in [1.807, 2.05) is 0 Å². The van der Waals surface area contributed by atoms with Gasteiger partial charge in [0.1, 0.15) is 116 Å². The molecule has 0 aromatic carbocycles. The van der Waals surface area contributed by atoms with E-state index in [0.29, 0.717) is 48.3 Å². The molecule has 0 amide bonds. The molecule has 7 aliphatic heterocycles. The Balaban J connectivity index is 0.783. The van der Waals surface area contributed by atoms with Crippen molar-refractivity contribution in [3.63, 3.8) is 0 Å². The number of allylic oxidation sites excluding steroid dienone is 1. The van der Waals surface area contributed by atoms with Gasteiger partial charge in [0, 0.05) is 12.3 Å². The topological polar surface area (TPSA) is 414 Å². The van der Waals surface area contributed by atoms with Crippen LogP contribution < -0.4 is 0 Å². The molecule has 0 aromatic heterocycles. The molecule has 11 rings (SSSR count). The minimum atomic E-state index is -2.11. The third kappa shape index (κ3) is 11.2. The highest BCUT2D eigenvalue weighted by atomic mass is 16.8. The number of hydrogen-bond acceptors (Lipinski definition) is 27. The zero-order chi connectivity index (χ0) is 60.2. The van der Waals surface area contributed by atoms with Gasteiger partial charge in [0.25, 0.3) is 0 Å². The maximum atomic E-state index is 12.5. The number of ether oxygens (including phenoxy) is 12. The fraction of sp³-hybridized carbons (Fsp3) is 0.965. The van der Waals surface area contributed by atoms with E-state index in [2.05, 4.69) is 33.8 Å². The van der Waals surface area contributed by atoms with Gasteiger partial charge in [0.2, 0.25) is 0 Å². The van der Waals surface area contributed by atoms with Gasteiger partial charge in [-0.1, -0.05) is 39.3 Å². The number of aliphatic hydroxyl groups excluding tert-OH is 15. The van der Waals surface area contributed by atoms with E-state index in [9.17, 15) is 76.6 Å². The van der Waals surface area contributed by atoms with Crippen molar-refractivity contribution in [2.24, 2.45) is 46.3 Å². The van der Waals surface area contributed by atoms with Crippen molar-refractivity contribution in [1.82, 2.24) is 0 Å². The van der Waals surface area contributed by atoms with Crippen molar-refractivity contribution in [3.05, 3.63) is 11.6 Å². The molecule has 4 aliphatic carbocycles. The molecule has 482 valence electrons. The summed E-state index contributed by atoms with van der Waals surface area (Å²) in [5, 5.41) is 163. The maximum absolute atomic E-state index is 12.5. The van der Waals surface area contributed by atoms with E-state index in [-0.39, 0.29) is 16.9 Å². The highest BCUT2D eigenvalue weighted by molar-refractivity contribution is 5.26. The van der Waals surface area contributed by atoms with E-state index in [4.69, 9.17) is 56.8 Å². The number of fused-ring (bicyclic) bond motifs is 7. The monoisotopic (exact) mass is 1210 g/mol. The molecule has 11 aliphatic rings. The molecule has 27 nitrogen and oxygen atoms in total. The van der Waals surface area contributed by atoms with E-state index in [1.165, 1.54) is 12.5 Å². The van der Waals surface area contributed by atoms with Crippen molar-refractivity contribution in [1.29, 1.82) is 0 Å². The molecule has 3 saturated carbocycles. The smallest absolute Gasteiger partial charge is 0.187 e.